The van der Waals surface area contributed by atoms with Gasteiger partial charge in [-0.1, -0.05) is 44.2 Å². The van der Waals surface area contributed by atoms with E-state index in [1.165, 1.54) is 30.6 Å². The fourth-order valence-electron chi connectivity index (χ4n) is 5.62. The van der Waals surface area contributed by atoms with Crippen molar-refractivity contribution >= 4 is 17.5 Å². The Morgan fingerprint density at radius 1 is 1.03 bits per heavy atom. The summed E-state index contributed by atoms with van der Waals surface area (Å²) in [6.07, 6.45) is 15.5. The van der Waals surface area contributed by atoms with Crippen molar-refractivity contribution in [3.05, 3.63) is 95.1 Å². The molecule has 1 aromatic heterocycles. The molecule has 2 aliphatic carbocycles. The van der Waals surface area contributed by atoms with Crippen molar-refractivity contribution in [3.63, 3.8) is 0 Å². The van der Waals surface area contributed by atoms with E-state index in [4.69, 9.17) is 9.47 Å². The Labute approximate surface area is 223 Å². The Hall–Kier alpha value is -4.06. The molecule has 2 aromatic rings. The Kier molecular flexibility index (Phi) is 7.23. The number of esters is 2. The maximum absolute atomic E-state index is 11.7. The van der Waals surface area contributed by atoms with Crippen LogP contribution in [-0.2, 0) is 14.3 Å². The van der Waals surface area contributed by atoms with Crippen LogP contribution in [0.25, 0.3) is 16.8 Å². The van der Waals surface area contributed by atoms with Gasteiger partial charge in [-0.05, 0) is 77.3 Å². The first-order chi connectivity index (χ1) is 18.3. The number of carbonyl (C=O) groups is 2. The molecule has 6 nitrogen and oxygen atoms in total. The number of hydrogen-bond donors (Lipinski definition) is 2. The van der Waals surface area contributed by atoms with Gasteiger partial charge in [-0.3, -0.25) is 9.59 Å². The van der Waals surface area contributed by atoms with Gasteiger partial charge in [-0.25, -0.2) is 0 Å². The summed E-state index contributed by atoms with van der Waals surface area (Å²) in [7, 11) is 0. The zero-order valence-corrected chi connectivity index (χ0v) is 22.3. The first-order valence-corrected chi connectivity index (χ1v) is 13.2. The zero-order valence-electron chi connectivity index (χ0n) is 22.3. The molecule has 2 N–H and O–H groups in total. The van der Waals surface area contributed by atoms with Crippen LogP contribution in [0.5, 0.6) is 5.75 Å². The number of benzene rings is 1. The van der Waals surface area contributed by atoms with Crippen LogP contribution in [0.1, 0.15) is 52.5 Å². The number of aromatic nitrogens is 1. The summed E-state index contributed by atoms with van der Waals surface area (Å²) in [5, 5.41) is 3.60. The van der Waals surface area contributed by atoms with Crippen LogP contribution in [0.2, 0.25) is 0 Å². The quantitative estimate of drug-likeness (QED) is 0.337. The molecule has 0 fully saturated rings. The van der Waals surface area contributed by atoms with Crippen molar-refractivity contribution in [2.24, 2.45) is 11.8 Å². The highest BCUT2D eigenvalue weighted by atomic mass is 16.5. The SMILES string of the molecule is CC(=O)OC1=C(C2NC=C(C3=CC(c4c[nH]c(-c5ccccc5OC(C)=O)c4)=CCC3C)C2C)CCC=C1. The number of hydrogen-bond acceptors (Lipinski definition) is 5. The first kappa shape index (κ1) is 25.6. The number of rotatable bonds is 6. The molecule has 0 saturated carbocycles. The largest absolute Gasteiger partial charge is 0.427 e. The van der Waals surface area contributed by atoms with Crippen LogP contribution in [-0.4, -0.2) is 23.0 Å². The lowest BCUT2D eigenvalue weighted by Crippen LogP contribution is -2.30. The number of nitrogens with one attached hydrogen (secondary N) is 2. The smallest absolute Gasteiger partial charge is 0.308 e. The van der Waals surface area contributed by atoms with Crippen LogP contribution >= 0.6 is 0 Å². The van der Waals surface area contributed by atoms with Gasteiger partial charge in [0.05, 0.1) is 6.04 Å². The average Bonchev–Trinajstić information content (AvgIpc) is 3.52. The van der Waals surface area contributed by atoms with Gasteiger partial charge in [-0.2, -0.15) is 0 Å². The molecule has 0 bridgehead atoms. The molecule has 5 rings (SSSR count). The van der Waals surface area contributed by atoms with Gasteiger partial charge >= 0.3 is 11.9 Å². The summed E-state index contributed by atoms with van der Waals surface area (Å²) < 4.78 is 11.0. The molecule has 6 heteroatoms. The van der Waals surface area contributed by atoms with Crippen molar-refractivity contribution in [1.29, 1.82) is 0 Å². The predicted molar refractivity (Wildman–Crippen MR) is 149 cm³/mol. The topological polar surface area (TPSA) is 80.4 Å². The molecule has 1 aliphatic heterocycles. The number of para-hydroxylation sites is 1. The lowest BCUT2D eigenvalue weighted by atomic mass is 9.78. The molecule has 0 saturated heterocycles. The van der Waals surface area contributed by atoms with Gasteiger partial charge in [0, 0.05) is 43.4 Å². The zero-order chi connectivity index (χ0) is 26.8. The van der Waals surface area contributed by atoms with Crippen LogP contribution in [0, 0.1) is 11.8 Å². The van der Waals surface area contributed by atoms with Gasteiger partial charge in [0.15, 0.2) is 0 Å². The highest BCUT2D eigenvalue weighted by Crippen LogP contribution is 2.42. The minimum Gasteiger partial charge on any atom is -0.427 e. The summed E-state index contributed by atoms with van der Waals surface area (Å²) in [4.78, 5) is 26.6. The minimum atomic E-state index is -0.341. The molecule has 3 aliphatic rings. The molecule has 2 heterocycles. The minimum absolute atomic E-state index is 0.100. The van der Waals surface area contributed by atoms with Crippen LogP contribution in [0.3, 0.4) is 0 Å². The van der Waals surface area contributed by atoms with Gasteiger partial charge in [0.2, 0.25) is 0 Å². The van der Waals surface area contributed by atoms with Crippen LogP contribution in [0.4, 0.5) is 0 Å². The molecule has 3 atom stereocenters. The molecule has 3 unspecified atom stereocenters. The number of ether oxygens (including phenoxy) is 2. The Bertz CT molecular complexity index is 1420. The first-order valence-electron chi connectivity index (χ1n) is 13.2. The maximum Gasteiger partial charge on any atom is 0.308 e. The third-order valence-electron chi connectivity index (χ3n) is 7.52. The van der Waals surface area contributed by atoms with Crippen molar-refractivity contribution < 1.29 is 19.1 Å². The van der Waals surface area contributed by atoms with Crippen molar-refractivity contribution in [2.75, 3.05) is 0 Å². The number of H-pyrrole nitrogens is 1. The van der Waals surface area contributed by atoms with E-state index in [0.29, 0.717) is 17.4 Å². The fraction of sp³-hybridized carbons (Fsp3) is 0.312. The molecular formula is C32H34N2O4. The second-order valence-corrected chi connectivity index (χ2v) is 10.2. The average molecular weight is 511 g/mol. The second-order valence-electron chi connectivity index (χ2n) is 10.2. The molecule has 38 heavy (non-hydrogen) atoms. The Balaban J connectivity index is 1.40. The standard InChI is InChI=1S/C32H34N2O4/c1-19-13-14-23(24-16-29(33-17-24)25-9-5-7-11-30(25)37-21(3)35)15-27(19)28-18-34-32(20(28)2)26-10-6-8-12-31(26)38-22(4)36/h5,7-9,11-12,14-20,32-34H,6,10,13H2,1-4H3. The van der Waals surface area contributed by atoms with Crippen molar-refractivity contribution in [3.8, 4) is 17.0 Å². The number of aromatic amines is 1. The van der Waals surface area contributed by atoms with E-state index in [1.54, 1.807) is 6.07 Å². The second kappa shape index (κ2) is 10.7. The van der Waals surface area contributed by atoms with Crippen LogP contribution < -0.4 is 10.1 Å². The summed E-state index contributed by atoms with van der Waals surface area (Å²) in [5.74, 6) is 1.23. The van der Waals surface area contributed by atoms with E-state index in [0.717, 1.165) is 41.7 Å². The highest BCUT2D eigenvalue weighted by molar-refractivity contribution is 5.81. The van der Waals surface area contributed by atoms with Gasteiger partial charge in [0.1, 0.15) is 11.5 Å². The molecule has 0 amide bonds. The summed E-state index contributed by atoms with van der Waals surface area (Å²) in [6, 6.07) is 9.75. The molecule has 196 valence electrons. The Morgan fingerprint density at radius 2 is 1.82 bits per heavy atom. The molecule has 1 aromatic carbocycles. The van der Waals surface area contributed by atoms with Crippen LogP contribution in [0.15, 0.2) is 89.5 Å². The predicted octanol–water partition coefficient (Wildman–Crippen LogP) is 6.62. The molecule has 0 radical (unpaired) electrons. The van der Waals surface area contributed by atoms with E-state index >= 15 is 0 Å². The Morgan fingerprint density at radius 3 is 2.61 bits per heavy atom. The fourth-order valence-corrected chi connectivity index (χ4v) is 5.62. The lowest BCUT2D eigenvalue weighted by Gasteiger charge is -2.28. The normalized spacial score (nSPS) is 22.8. The van der Waals surface area contributed by atoms with E-state index in [1.807, 2.05) is 30.5 Å². The van der Waals surface area contributed by atoms with Gasteiger partial charge < -0.3 is 19.8 Å². The van der Waals surface area contributed by atoms with E-state index in [-0.39, 0.29) is 23.9 Å². The monoisotopic (exact) mass is 510 g/mol. The summed E-state index contributed by atoms with van der Waals surface area (Å²) in [5.41, 5.74) is 7.79. The van der Waals surface area contributed by atoms with E-state index in [2.05, 4.69) is 54.6 Å². The van der Waals surface area contributed by atoms with E-state index in [9.17, 15) is 9.59 Å². The third kappa shape index (κ3) is 5.17. The maximum atomic E-state index is 11.7. The van der Waals surface area contributed by atoms with Gasteiger partial charge in [0.25, 0.3) is 0 Å². The van der Waals surface area contributed by atoms with E-state index < -0.39 is 0 Å². The number of carbonyl (C=O) groups excluding carboxylic acids is 2. The summed E-state index contributed by atoms with van der Waals surface area (Å²) >= 11 is 0. The number of allylic oxidation sites excluding steroid dienone is 6. The van der Waals surface area contributed by atoms with Crippen molar-refractivity contribution in [2.45, 2.75) is 53.0 Å². The van der Waals surface area contributed by atoms with Crippen molar-refractivity contribution in [1.82, 2.24) is 10.3 Å². The molecular weight excluding hydrogens is 476 g/mol. The molecule has 0 spiro atoms. The van der Waals surface area contributed by atoms with Gasteiger partial charge in [-0.15, -0.1) is 0 Å². The lowest BCUT2D eigenvalue weighted by molar-refractivity contribution is -0.136. The summed E-state index contributed by atoms with van der Waals surface area (Å²) in [6.45, 7) is 7.38. The third-order valence-corrected chi connectivity index (χ3v) is 7.52. The highest BCUT2D eigenvalue weighted by Gasteiger charge is 2.34.